The Kier molecular flexibility index (Phi) is 2.97. The third kappa shape index (κ3) is 1.62. The lowest BCUT2D eigenvalue weighted by Crippen LogP contribution is -2.54. The average Bonchev–Trinajstić information content (AvgIpc) is 2.36. The van der Waals surface area contributed by atoms with Crippen LogP contribution in [0.1, 0.15) is 51.4 Å². The van der Waals surface area contributed by atoms with Crippen LogP contribution in [0.2, 0.25) is 0 Å². The van der Waals surface area contributed by atoms with Crippen molar-refractivity contribution in [2.45, 2.75) is 63.6 Å². The molecular weight excluding hydrogens is 200 g/mol. The SMILES string of the molecule is OC1C(O)C2CCCCC2C2CCCCC12. The van der Waals surface area contributed by atoms with Crippen LogP contribution in [0.3, 0.4) is 0 Å². The van der Waals surface area contributed by atoms with Gasteiger partial charge in [-0.25, -0.2) is 0 Å². The molecule has 0 amide bonds. The molecule has 2 heteroatoms. The second kappa shape index (κ2) is 4.30. The smallest absolute Gasteiger partial charge is 0.0832 e. The lowest BCUT2D eigenvalue weighted by Gasteiger charge is -2.52. The van der Waals surface area contributed by atoms with Gasteiger partial charge in [0.25, 0.3) is 0 Å². The first-order valence-corrected chi connectivity index (χ1v) is 7.15. The lowest BCUT2D eigenvalue weighted by molar-refractivity contribution is -0.147. The fourth-order valence-electron chi connectivity index (χ4n) is 4.79. The van der Waals surface area contributed by atoms with Crippen molar-refractivity contribution in [2.75, 3.05) is 0 Å². The molecule has 0 heterocycles. The summed E-state index contributed by atoms with van der Waals surface area (Å²) in [4.78, 5) is 0. The second-order valence-electron chi connectivity index (χ2n) is 6.21. The Labute approximate surface area is 98.1 Å². The summed E-state index contributed by atoms with van der Waals surface area (Å²) in [5, 5.41) is 20.5. The van der Waals surface area contributed by atoms with Gasteiger partial charge in [0.2, 0.25) is 0 Å². The fraction of sp³-hybridized carbons (Fsp3) is 1.00. The van der Waals surface area contributed by atoms with Gasteiger partial charge >= 0.3 is 0 Å². The van der Waals surface area contributed by atoms with E-state index in [0.717, 1.165) is 24.7 Å². The van der Waals surface area contributed by atoms with Gasteiger partial charge in [-0.05, 0) is 49.4 Å². The van der Waals surface area contributed by atoms with E-state index in [1.807, 2.05) is 0 Å². The van der Waals surface area contributed by atoms with Crippen molar-refractivity contribution in [2.24, 2.45) is 23.7 Å². The summed E-state index contributed by atoms with van der Waals surface area (Å²) in [5.41, 5.74) is 0. The molecule has 16 heavy (non-hydrogen) atoms. The monoisotopic (exact) mass is 224 g/mol. The topological polar surface area (TPSA) is 40.5 Å². The van der Waals surface area contributed by atoms with Crippen LogP contribution in [0, 0.1) is 23.7 Å². The molecule has 3 rings (SSSR count). The van der Waals surface area contributed by atoms with Crippen LogP contribution in [0.4, 0.5) is 0 Å². The van der Waals surface area contributed by atoms with E-state index >= 15 is 0 Å². The largest absolute Gasteiger partial charge is 0.390 e. The Balaban J connectivity index is 1.84. The van der Waals surface area contributed by atoms with E-state index < -0.39 is 12.2 Å². The van der Waals surface area contributed by atoms with Crippen molar-refractivity contribution in [3.63, 3.8) is 0 Å². The summed E-state index contributed by atoms with van der Waals surface area (Å²) >= 11 is 0. The molecule has 0 spiro atoms. The van der Waals surface area contributed by atoms with Crippen molar-refractivity contribution in [3.05, 3.63) is 0 Å². The van der Waals surface area contributed by atoms with E-state index in [1.54, 1.807) is 0 Å². The highest BCUT2D eigenvalue weighted by Crippen LogP contribution is 2.51. The lowest BCUT2D eigenvalue weighted by atomic mass is 9.56. The van der Waals surface area contributed by atoms with E-state index in [0.29, 0.717) is 11.8 Å². The fourth-order valence-corrected chi connectivity index (χ4v) is 4.79. The Morgan fingerprint density at radius 1 is 0.500 bits per heavy atom. The summed E-state index contributed by atoms with van der Waals surface area (Å²) in [6, 6.07) is 0. The number of hydrogen-bond donors (Lipinski definition) is 2. The highest BCUT2D eigenvalue weighted by Gasteiger charge is 2.49. The molecule has 0 saturated heterocycles. The number of hydrogen-bond acceptors (Lipinski definition) is 2. The minimum atomic E-state index is -0.426. The van der Waals surface area contributed by atoms with Crippen molar-refractivity contribution in [1.29, 1.82) is 0 Å². The molecule has 6 atom stereocenters. The maximum Gasteiger partial charge on any atom is 0.0832 e. The highest BCUT2D eigenvalue weighted by molar-refractivity contribution is 4.99. The molecule has 3 fully saturated rings. The molecule has 0 aliphatic heterocycles. The van der Waals surface area contributed by atoms with Crippen LogP contribution < -0.4 is 0 Å². The molecule has 2 nitrogen and oxygen atoms in total. The van der Waals surface area contributed by atoms with Gasteiger partial charge < -0.3 is 10.2 Å². The van der Waals surface area contributed by atoms with Gasteiger partial charge in [0, 0.05) is 0 Å². The average molecular weight is 224 g/mol. The van der Waals surface area contributed by atoms with Crippen LogP contribution in [0.15, 0.2) is 0 Å². The van der Waals surface area contributed by atoms with Gasteiger partial charge in [-0.15, -0.1) is 0 Å². The predicted molar refractivity (Wildman–Crippen MR) is 62.9 cm³/mol. The number of rotatable bonds is 0. The molecule has 0 aromatic rings. The van der Waals surface area contributed by atoms with Gasteiger partial charge in [0.1, 0.15) is 0 Å². The van der Waals surface area contributed by atoms with E-state index in [9.17, 15) is 10.2 Å². The molecule has 3 aliphatic carbocycles. The minimum Gasteiger partial charge on any atom is -0.390 e. The zero-order chi connectivity index (χ0) is 11.1. The molecule has 0 bridgehead atoms. The van der Waals surface area contributed by atoms with Gasteiger partial charge in [-0.3, -0.25) is 0 Å². The molecule has 0 aromatic carbocycles. The van der Waals surface area contributed by atoms with E-state index in [1.165, 1.54) is 38.5 Å². The summed E-state index contributed by atoms with van der Waals surface area (Å²) in [7, 11) is 0. The summed E-state index contributed by atoms with van der Waals surface area (Å²) in [6.07, 6.45) is 9.23. The maximum absolute atomic E-state index is 10.3. The summed E-state index contributed by atoms with van der Waals surface area (Å²) in [5.74, 6) is 2.25. The van der Waals surface area contributed by atoms with Gasteiger partial charge in [-0.1, -0.05) is 25.7 Å². The molecule has 0 radical (unpaired) electrons. The molecule has 3 aliphatic rings. The third-order valence-corrected chi connectivity index (χ3v) is 5.53. The first-order chi connectivity index (χ1) is 7.79. The van der Waals surface area contributed by atoms with Crippen molar-refractivity contribution in [1.82, 2.24) is 0 Å². The van der Waals surface area contributed by atoms with Gasteiger partial charge in [0.05, 0.1) is 12.2 Å². The molecular formula is C14H24O2. The number of aliphatic hydroxyl groups is 2. The van der Waals surface area contributed by atoms with Crippen LogP contribution in [0.5, 0.6) is 0 Å². The third-order valence-electron chi connectivity index (χ3n) is 5.53. The molecule has 2 N–H and O–H groups in total. The van der Waals surface area contributed by atoms with Crippen molar-refractivity contribution >= 4 is 0 Å². The van der Waals surface area contributed by atoms with Crippen molar-refractivity contribution < 1.29 is 10.2 Å². The predicted octanol–water partition coefficient (Wildman–Crippen LogP) is 2.33. The van der Waals surface area contributed by atoms with Crippen LogP contribution >= 0.6 is 0 Å². The molecule has 0 aromatic heterocycles. The quantitative estimate of drug-likeness (QED) is 0.663. The zero-order valence-corrected chi connectivity index (χ0v) is 10.0. The van der Waals surface area contributed by atoms with E-state index in [4.69, 9.17) is 0 Å². The standard InChI is InChI=1S/C14H24O2/c15-13-11-7-3-1-5-9(11)10-6-2-4-8-12(10)14(13)16/h9-16H,1-8H2. The Hall–Kier alpha value is -0.0800. The number of aliphatic hydroxyl groups excluding tert-OH is 2. The minimum absolute atomic E-state index is 0.406. The van der Waals surface area contributed by atoms with Gasteiger partial charge in [-0.2, -0.15) is 0 Å². The summed E-state index contributed by atoms with van der Waals surface area (Å²) < 4.78 is 0. The zero-order valence-electron chi connectivity index (χ0n) is 10.0. The first kappa shape index (κ1) is 11.0. The molecule has 92 valence electrons. The highest BCUT2D eigenvalue weighted by atomic mass is 16.3. The van der Waals surface area contributed by atoms with Crippen molar-refractivity contribution in [3.8, 4) is 0 Å². The van der Waals surface area contributed by atoms with Gasteiger partial charge in [0.15, 0.2) is 0 Å². The maximum atomic E-state index is 10.3. The Morgan fingerprint density at radius 2 is 0.812 bits per heavy atom. The Morgan fingerprint density at radius 3 is 1.19 bits per heavy atom. The summed E-state index contributed by atoms with van der Waals surface area (Å²) in [6.45, 7) is 0. The van der Waals surface area contributed by atoms with E-state index in [-0.39, 0.29) is 0 Å². The van der Waals surface area contributed by atoms with Crippen LogP contribution in [-0.2, 0) is 0 Å². The first-order valence-electron chi connectivity index (χ1n) is 7.15. The number of fused-ring (bicyclic) bond motifs is 3. The molecule has 3 saturated carbocycles. The normalized spacial score (nSPS) is 52.9. The molecule has 6 unspecified atom stereocenters. The Bertz CT molecular complexity index is 227. The van der Waals surface area contributed by atoms with Crippen LogP contribution in [0.25, 0.3) is 0 Å². The van der Waals surface area contributed by atoms with E-state index in [2.05, 4.69) is 0 Å². The van der Waals surface area contributed by atoms with Crippen LogP contribution in [-0.4, -0.2) is 22.4 Å². The second-order valence-corrected chi connectivity index (χ2v) is 6.21.